The number of carbonyl (C=O) groups excluding carboxylic acids is 1. The van der Waals surface area contributed by atoms with E-state index >= 15 is 0 Å². The molecule has 1 heterocycles. The number of hydrogen-bond acceptors (Lipinski definition) is 5. The molecule has 0 atom stereocenters. The van der Waals surface area contributed by atoms with Crippen LogP contribution in [-0.4, -0.2) is 17.6 Å². The number of rotatable bonds is 4. The van der Waals surface area contributed by atoms with Crippen LogP contribution in [0.1, 0.15) is 17.3 Å². The van der Waals surface area contributed by atoms with Crippen LogP contribution in [0.5, 0.6) is 11.6 Å². The second-order valence-electron chi connectivity index (χ2n) is 3.83. The van der Waals surface area contributed by atoms with E-state index in [4.69, 9.17) is 26.8 Å². The molecule has 2 rings (SSSR count). The van der Waals surface area contributed by atoms with Crippen molar-refractivity contribution >= 4 is 23.3 Å². The number of carbonyl (C=O) groups is 1. The standard InChI is InChI=1S/C14H13ClN2O3/c1-2-19-14(18)9-7-8-17-13(12(9)16)20-11-6-4-3-5-10(11)15/h3-8H,2,16H2,1H3. The van der Waals surface area contributed by atoms with Crippen molar-refractivity contribution < 1.29 is 14.3 Å². The molecule has 0 spiro atoms. The Morgan fingerprint density at radius 1 is 1.35 bits per heavy atom. The van der Waals surface area contributed by atoms with Crippen molar-refractivity contribution in [2.45, 2.75) is 6.92 Å². The summed E-state index contributed by atoms with van der Waals surface area (Å²) < 4.78 is 10.4. The van der Waals surface area contributed by atoms with Crippen molar-refractivity contribution in [3.05, 3.63) is 47.1 Å². The molecule has 1 aromatic heterocycles. The average Bonchev–Trinajstić information content (AvgIpc) is 2.43. The maximum atomic E-state index is 11.7. The second kappa shape index (κ2) is 6.25. The van der Waals surface area contributed by atoms with Gasteiger partial charge in [-0.1, -0.05) is 23.7 Å². The molecular weight excluding hydrogens is 280 g/mol. The van der Waals surface area contributed by atoms with Gasteiger partial charge in [0.1, 0.15) is 11.4 Å². The van der Waals surface area contributed by atoms with Gasteiger partial charge in [0.05, 0.1) is 17.2 Å². The monoisotopic (exact) mass is 292 g/mol. The van der Waals surface area contributed by atoms with Crippen LogP contribution in [0, 0.1) is 0 Å². The van der Waals surface area contributed by atoms with Crippen LogP contribution in [0.25, 0.3) is 0 Å². The fraction of sp³-hybridized carbons (Fsp3) is 0.143. The van der Waals surface area contributed by atoms with Gasteiger partial charge in [-0.05, 0) is 25.1 Å². The van der Waals surface area contributed by atoms with Crippen molar-refractivity contribution in [3.8, 4) is 11.6 Å². The zero-order valence-electron chi connectivity index (χ0n) is 10.8. The van der Waals surface area contributed by atoms with Crippen LogP contribution < -0.4 is 10.5 Å². The van der Waals surface area contributed by atoms with Crippen molar-refractivity contribution in [2.75, 3.05) is 12.3 Å². The normalized spacial score (nSPS) is 10.1. The summed E-state index contributed by atoms with van der Waals surface area (Å²) in [7, 11) is 0. The summed E-state index contributed by atoms with van der Waals surface area (Å²) in [5, 5.41) is 0.426. The predicted molar refractivity (Wildman–Crippen MR) is 76.1 cm³/mol. The molecule has 0 saturated heterocycles. The largest absolute Gasteiger partial charge is 0.462 e. The van der Waals surface area contributed by atoms with Gasteiger partial charge in [0.25, 0.3) is 0 Å². The van der Waals surface area contributed by atoms with Crippen LogP contribution in [0.4, 0.5) is 5.69 Å². The lowest BCUT2D eigenvalue weighted by Crippen LogP contribution is -2.09. The fourth-order valence-corrected chi connectivity index (χ4v) is 1.73. The minimum absolute atomic E-state index is 0.114. The Kier molecular flexibility index (Phi) is 4.42. The first-order valence-corrected chi connectivity index (χ1v) is 6.35. The van der Waals surface area contributed by atoms with Crippen molar-refractivity contribution in [1.82, 2.24) is 4.98 Å². The van der Waals surface area contributed by atoms with E-state index in [1.54, 1.807) is 31.2 Å². The maximum absolute atomic E-state index is 11.7. The van der Waals surface area contributed by atoms with E-state index in [0.717, 1.165) is 0 Å². The first kappa shape index (κ1) is 14.1. The third kappa shape index (κ3) is 3.00. The molecule has 104 valence electrons. The van der Waals surface area contributed by atoms with Crippen LogP contribution >= 0.6 is 11.6 Å². The van der Waals surface area contributed by atoms with Crippen LogP contribution in [0.2, 0.25) is 5.02 Å². The van der Waals surface area contributed by atoms with E-state index in [2.05, 4.69) is 4.98 Å². The number of halogens is 1. The number of pyridine rings is 1. The molecule has 0 radical (unpaired) electrons. The number of anilines is 1. The van der Waals surface area contributed by atoms with Gasteiger partial charge in [0.15, 0.2) is 0 Å². The van der Waals surface area contributed by atoms with Gasteiger partial charge in [-0.3, -0.25) is 0 Å². The van der Waals surface area contributed by atoms with Gasteiger partial charge >= 0.3 is 5.97 Å². The zero-order valence-corrected chi connectivity index (χ0v) is 11.6. The summed E-state index contributed by atoms with van der Waals surface area (Å²) >= 11 is 5.99. The highest BCUT2D eigenvalue weighted by molar-refractivity contribution is 6.32. The van der Waals surface area contributed by atoms with Gasteiger partial charge in [-0.25, -0.2) is 9.78 Å². The molecular formula is C14H13ClN2O3. The molecule has 0 unspecified atom stereocenters. The van der Waals surface area contributed by atoms with E-state index < -0.39 is 5.97 Å². The Labute approximate surface area is 121 Å². The number of nitrogen functional groups attached to an aromatic ring is 1. The number of para-hydroxylation sites is 1. The van der Waals surface area contributed by atoms with Crippen LogP contribution in [0.3, 0.4) is 0 Å². The van der Waals surface area contributed by atoms with E-state index in [-0.39, 0.29) is 23.7 Å². The number of benzene rings is 1. The summed E-state index contributed by atoms with van der Waals surface area (Å²) in [4.78, 5) is 15.7. The van der Waals surface area contributed by atoms with Crippen LogP contribution in [0.15, 0.2) is 36.5 Å². The molecule has 0 aliphatic rings. The van der Waals surface area contributed by atoms with E-state index in [1.807, 2.05) is 0 Å². The Balaban J connectivity index is 2.32. The molecule has 5 nitrogen and oxygen atoms in total. The van der Waals surface area contributed by atoms with Gasteiger partial charge in [0, 0.05) is 6.20 Å². The highest BCUT2D eigenvalue weighted by Gasteiger charge is 2.16. The highest BCUT2D eigenvalue weighted by Crippen LogP contribution is 2.32. The minimum atomic E-state index is -0.517. The highest BCUT2D eigenvalue weighted by atomic mass is 35.5. The minimum Gasteiger partial charge on any atom is -0.462 e. The topological polar surface area (TPSA) is 74.4 Å². The van der Waals surface area contributed by atoms with Crippen molar-refractivity contribution in [2.24, 2.45) is 0 Å². The number of nitrogens with two attached hydrogens (primary N) is 1. The van der Waals surface area contributed by atoms with E-state index in [0.29, 0.717) is 10.8 Å². The second-order valence-corrected chi connectivity index (χ2v) is 4.24. The first-order valence-electron chi connectivity index (χ1n) is 5.97. The third-order valence-electron chi connectivity index (χ3n) is 2.49. The molecule has 0 bridgehead atoms. The van der Waals surface area contributed by atoms with Gasteiger partial charge < -0.3 is 15.2 Å². The Bertz CT molecular complexity index is 632. The lowest BCUT2D eigenvalue weighted by Gasteiger charge is -2.11. The fourth-order valence-electron chi connectivity index (χ4n) is 1.55. The summed E-state index contributed by atoms with van der Waals surface area (Å²) in [5.41, 5.74) is 6.21. The number of esters is 1. The number of aromatic nitrogens is 1. The summed E-state index contributed by atoms with van der Waals surface area (Å²) in [5.74, 6) is 0.00874. The summed E-state index contributed by atoms with van der Waals surface area (Å²) in [6, 6.07) is 8.39. The average molecular weight is 293 g/mol. The SMILES string of the molecule is CCOC(=O)c1ccnc(Oc2ccccc2Cl)c1N. The Morgan fingerprint density at radius 3 is 2.80 bits per heavy atom. The summed E-state index contributed by atoms with van der Waals surface area (Å²) in [6.07, 6.45) is 1.43. The molecule has 0 aliphatic heterocycles. The molecule has 0 saturated carbocycles. The molecule has 1 aromatic carbocycles. The Morgan fingerprint density at radius 2 is 2.10 bits per heavy atom. The number of hydrogen-bond donors (Lipinski definition) is 1. The third-order valence-corrected chi connectivity index (χ3v) is 2.80. The van der Waals surface area contributed by atoms with Crippen molar-refractivity contribution in [1.29, 1.82) is 0 Å². The van der Waals surface area contributed by atoms with E-state index in [1.165, 1.54) is 12.3 Å². The number of nitrogens with zero attached hydrogens (tertiary/aromatic N) is 1. The predicted octanol–water partition coefficient (Wildman–Crippen LogP) is 3.29. The molecule has 6 heteroatoms. The van der Waals surface area contributed by atoms with Crippen LogP contribution in [-0.2, 0) is 4.74 Å². The Hall–Kier alpha value is -2.27. The molecule has 0 amide bonds. The van der Waals surface area contributed by atoms with Gasteiger partial charge in [-0.15, -0.1) is 0 Å². The zero-order chi connectivity index (χ0) is 14.5. The lowest BCUT2D eigenvalue weighted by molar-refractivity contribution is 0.0527. The maximum Gasteiger partial charge on any atom is 0.340 e. The summed E-state index contributed by atoms with van der Waals surface area (Å²) in [6.45, 7) is 1.98. The quantitative estimate of drug-likeness (QED) is 0.875. The number of ether oxygens (including phenoxy) is 2. The van der Waals surface area contributed by atoms with E-state index in [9.17, 15) is 4.79 Å². The molecule has 2 N–H and O–H groups in total. The smallest absolute Gasteiger partial charge is 0.340 e. The van der Waals surface area contributed by atoms with Crippen molar-refractivity contribution in [3.63, 3.8) is 0 Å². The lowest BCUT2D eigenvalue weighted by atomic mass is 10.2. The molecule has 0 aliphatic carbocycles. The van der Waals surface area contributed by atoms with Gasteiger partial charge in [0.2, 0.25) is 5.88 Å². The molecule has 0 fully saturated rings. The molecule has 2 aromatic rings. The first-order chi connectivity index (χ1) is 9.63. The van der Waals surface area contributed by atoms with Gasteiger partial charge in [-0.2, -0.15) is 0 Å². The molecule has 20 heavy (non-hydrogen) atoms.